The highest BCUT2D eigenvalue weighted by Crippen LogP contribution is 2.12. The molecular formula is C14H21N2O2+. The number of nitrogens with one attached hydrogen (secondary N) is 1. The lowest BCUT2D eigenvalue weighted by atomic mass is 9.96. The number of likely N-dealkylation sites (tertiary alicyclic amines) is 1. The van der Waals surface area contributed by atoms with Gasteiger partial charge in [0.05, 0.1) is 20.2 Å². The van der Waals surface area contributed by atoms with Gasteiger partial charge in [0.25, 0.3) is 0 Å². The molecule has 0 spiro atoms. The molecule has 1 aromatic rings. The molecule has 4 nitrogen and oxygen atoms in total. The molecule has 3 N–H and O–H groups in total. The molecule has 1 fully saturated rings. The summed E-state index contributed by atoms with van der Waals surface area (Å²) in [6.45, 7) is 3.03. The zero-order valence-electron chi connectivity index (χ0n) is 10.8. The van der Waals surface area contributed by atoms with E-state index in [-0.39, 0.29) is 11.8 Å². The van der Waals surface area contributed by atoms with E-state index < -0.39 is 0 Å². The van der Waals surface area contributed by atoms with Crippen LogP contribution in [-0.4, -0.2) is 26.1 Å². The Bertz CT molecular complexity index is 412. The van der Waals surface area contributed by atoms with E-state index in [1.807, 2.05) is 12.1 Å². The minimum atomic E-state index is -0.143. The number of hydrogen-bond acceptors (Lipinski definition) is 2. The first-order valence-corrected chi connectivity index (χ1v) is 6.45. The Morgan fingerprint density at radius 1 is 1.44 bits per heavy atom. The zero-order valence-corrected chi connectivity index (χ0v) is 10.8. The molecule has 1 aromatic carbocycles. The van der Waals surface area contributed by atoms with Crippen LogP contribution in [0, 0.1) is 5.92 Å². The lowest BCUT2D eigenvalue weighted by Crippen LogP contribution is -3.11. The number of quaternary nitrogens is 1. The van der Waals surface area contributed by atoms with Crippen LogP contribution in [0.5, 0.6) is 5.75 Å². The van der Waals surface area contributed by atoms with Gasteiger partial charge in [0, 0.05) is 24.3 Å². The van der Waals surface area contributed by atoms with E-state index in [9.17, 15) is 4.79 Å². The number of methoxy groups -OCH3 is 1. The van der Waals surface area contributed by atoms with Gasteiger partial charge in [0.2, 0.25) is 5.91 Å². The average Bonchev–Trinajstić information content (AvgIpc) is 2.39. The minimum Gasteiger partial charge on any atom is -0.497 e. The smallest absolute Gasteiger partial charge is 0.220 e. The summed E-state index contributed by atoms with van der Waals surface area (Å²) in [5, 5.41) is 0. The predicted octanol–water partition coefficient (Wildman–Crippen LogP) is -0.0246. The van der Waals surface area contributed by atoms with E-state index in [1.54, 1.807) is 7.11 Å². The summed E-state index contributed by atoms with van der Waals surface area (Å²) in [5.74, 6) is 0.841. The standard InChI is InChI=1S/C14H20N2O2/c1-18-13-4-2-3-11(9-13)10-16-7-5-12(6-8-16)14(15)17/h2-4,9,12H,5-8,10H2,1H3,(H2,15,17)/p+1. The van der Waals surface area contributed by atoms with Gasteiger partial charge >= 0.3 is 0 Å². The molecule has 1 heterocycles. The molecule has 1 amide bonds. The van der Waals surface area contributed by atoms with Gasteiger partial charge in [-0.15, -0.1) is 0 Å². The second-order valence-electron chi connectivity index (χ2n) is 4.95. The van der Waals surface area contributed by atoms with Crippen LogP contribution in [0.1, 0.15) is 18.4 Å². The number of amides is 1. The molecule has 4 heteroatoms. The van der Waals surface area contributed by atoms with Crippen molar-refractivity contribution in [3.05, 3.63) is 29.8 Å². The van der Waals surface area contributed by atoms with Crippen molar-refractivity contribution in [2.45, 2.75) is 19.4 Å². The fourth-order valence-electron chi connectivity index (χ4n) is 2.56. The van der Waals surface area contributed by atoms with Crippen LogP contribution < -0.4 is 15.4 Å². The molecule has 2 rings (SSSR count). The third-order valence-corrected chi connectivity index (χ3v) is 3.68. The summed E-state index contributed by atoms with van der Waals surface area (Å²) >= 11 is 0. The molecule has 1 aliphatic heterocycles. The molecule has 0 aliphatic carbocycles. The Morgan fingerprint density at radius 2 is 2.17 bits per heavy atom. The lowest BCUT2D eigenvalue weighted by molar-refractivity contribution is -0.919. The SMILES string of the molecule is COc1cccc(C[NH+]2CCC(C(N)=O)CC2)c1. The van der Waals surface area contributed by atoms with E-state index in [0.717, 1.165) is 38.2 Å². The van der Waals surface area contributed by atoms with Gasteiger partial charge in [-0.2, -0.15) is 0 Å². The average molecular weight is 249 g/mol. The largest absolute Gasteiger partial charge is 0.497 e. The Hall–Kier alpha value is -1.55. The van der Waals surface area contributed by atoms with Crippen LogP contribution in [-0.2, 0) is 11.3 Å². The number of carbonyl (C=O) groups is 1. The normalized spacial score (nSPS) is 23.6. The van der Waals surface area contributed by atoms with E-state index in [2.05, 4.69) is 12.1 Å². The fraction of sp³-hybridized carbons (Fsp3) is 0.500. The maximum atomic E-state index is 11.1. The van der Waals surface area contributed by atoms with Crippen molar-refractivity contribution >= 4 is 5.91 Å². The summed E-state index contributed by atoms with van der Waals surface area (Å²) in [4.78, 5) is 12.6. The van der Waals surface area contributed by atoms with Crippen LogP contribution in [0.2, 0.25) is 0 Å². The van der Waals surface area contributed by atoms with Gasteiger partial charge < -0.3 is 15.4 Å². The lowest BCUT2D eigenvalue weighted by Gasteiger charge is -2.27. The molecular weight excluding hydrogens is 228 g/mol. The maximum Gasteiger partial charge on any atom is 0.220 e. The quantitative estimate of drug-likeness (QED) is 0.787. The summed E-state index contributed by atoms with van der Waals surface area (Å²) < 4.78 is 5.22. The van der Waals surface area contributed by atoms with Gasteiger partial charge in [-0.05, 0) is 12.1 Å². The summed E-state index contributed by atoms with van der Waals surface area (Å²) in [7, 11) is 1.68. The van der Waals surface area contributed by atoms with Crippen molar-refractivity contribution in [1.82, 2.24) is 0 Å². The van der Waals surface area contributed by atoms with E-state index in [4.69, 9.17) is 10.5 Å². The van der Waals surface area contributed by atoms with Crippen molar-refractivity contribution < 1.29 is 14.4 Å². The van der Waals surface area contributed by atoms with Crippen LogP contribution >= 0.6 is 0 Å². The molecule has 0 radical (unpaired) electrons. The summed E-state index contributed by atoms with van der Waals surface area (Å²) in [6, 6.07) is 8.17. The number of benzene rings is 1. The molecule has 98 valence electrons. The van der Waals surface area contributed by atoms with Crippen molar-refractivity contribution in [2.24, 2.45) is 11.7 Å². The van der Waals surface area contributed by atoms with E-state index in [1.165, 1.54) is 10.5 Å². The van der Waals surface area contributed by atoms with Crippen molar-refractivity contribution in [1.29, 1.82) is 0 Å². The third-order valence-electron chi connectivity index (χ3n) is 3.68. The number of carbonyl (C=O) groups excluding carboxylic acids is 1. The Balaban J connectivity index is 1.89. The second kappa shape index (κ2) is 5.87. The Morgan fingerprint density at radius 3 is 2.78 bits per heavy atom. The number of rotatable bonds is 4. The topological polar surface area (TPSA) is 56.8 Å². The summed E-state index contributed by atoms with van der Waals surface area (Å²) in [5.41, 5.74) is 6.62. The van der Waals surface area contributed by atoms with Gasteiger partial charge in [-0.25, -0.2) is 0 Å². The van der Waals surface area contributed by atoms with Gasteiger partial charge in [0.15, 0.2) is 0 Å². The van der Waals surface area contributed by atoms with Crippen LogP contribution in [0.3, 0.4) is 0 Å². The monoisotopic (exact) mass is 249 g/mol. The van der Waals surface area contributed by atoms with Crippen LogP contribution in [0.4, 0.5) is 0 Å². The highest BCUT2D eigenvalue weighted by molar-refractivity contribution is 5.76. The molecule has 0 aromatic heterocycles. The Kier molecular flexibility index (Phi) is 4.20. The highest BCUT2D eigenvalue weighted by Gasteiger charge is 2.25. The first kappa shape index (κ1) is 12.9. The minimum absolute atomic E-state index is 0.0825. The van der Waals surface area contributed by atoms with Gasteiger partial charge in [-0.3, -0.25) is 4.79 Å². The number of ether oxygens (including phenoxy) is 1. The first-order chi connectivity index (χ1) is 8.69. The third kappa shape index (κ3) is 3.23. The van der Waals surface area contributed by atoms with Crippen LogP contribution in [0.15, 0.2) is 24.3 Å². The predicted molar refractivity (Wildman–Crippen MR) is 69.3 cm³/mol. The molecule has 0 bridgehead atoms. The summed E-state index contributed by atoms with van der Waals surface area (Å²) in [6.07, 6.45) is 1.82. The highest BCUT2D eigenvalue weighted by atomic mass is 16.5. The van der Waals surface area contributed by atoms with Gasteiger partial charge in [-0.1, -0.05) is 12.1 Å². The Labute approximate surface area is 108 Å². The van der Waals surface area contributed by atoms with Crippen LogP contribution in [0.25, 0.3) is 0 Å². The first-order valence-electron chi connectivity index (χ1n) is 6.45. The number of nitrogens with two attached hydrogens (primary N) is 1. The molecule has 18 heavy (non-hydrogen) atoms. The van der Waals surface area contributed by atoms with Crippen molar-refractivity contribution in [3.8, 4) is 5.75 Å². The van der Waals surface area contributed by atoms with E-state index >= 15 is 0 Å². The number of hydrogen-bond donors (Lipinski definition) is 2. The maximum absolute atomic E-state index is 11.1. The molecule has 0 saturated carbocycles. The second-order valence-corrected chi connectivity index (χ2v) is 4.95. The number of primary amides is 1. The van der Waals surface area contributed by atoms with Crippen molar-refractivity contribution in [2.75, 3.05) is 20.2 Å². The molecule has 0 unspecified atom stereocenters. The van der Waals surface area contributed by atoms with E-state index in [0.29, 0.717) is 0 Å². The molecule has 1 aliphatic rings. The van der Waals surface area contributed by atoms with Gasteiger partial charge in [0.1, 0.15) is 12.3 Å². The molecule has 1 saturated heterocycles. The van der Waals surface area contributed by atoms with Crippen molar-refractivity contribution in [3.63, 3.8) is 0 Å². The fourth-order valence-corrected chi connectivity index (χ4v) is 2.56. The number of piperidine rings is 1. The molecule has 0 atom stereocenters. The zero-order chi connectivity index (χ0) is 13.0.